The normalized spacial score (nSPS) is 14.8. The van der Waals surface area contributed by atoms with E-state index >= 15 is 0 Å². The summed E-state index contributed by atoms with van der Waals surface area (Å²) in [7, 11) is 1.17. The highest BCUT2D eigenvalue weighted by Crippen LogP contribution is 2.27. The van der Waals surface area contributed by atoms with E-state index in [9.17, 15) is 22.8 Å². The minimum atomic E-state index is -2.77. The lowest BCUT2D eigenvalue weighted by Crippen LogP contribution is -2.32. The first kappa shape index (κ1) is 22.3. The third-order valence-electron chi connectivity index (χ3n) is 4.17. The molecule has 1 atom stereocenters. The topological polar surface area (TPSA) is 67.9 Å². The predicted molar refractivity (Wildman–Crippen MR) is 103 cm³/mol. The van der Waals surface area contributed by atoms with Gasteiger partial charge in [0.15, 0.2) is 6.10 Å². The largest absolute Gasteiger partial charge is 0.486 e. The minimum Gasteiger partial charge on any atom is -0.486 e. The summed E-state index contributed by atoms with van der Waals surface area (Å²) in [6.07, 6.45) is -3.06. The molecule has 0 aliphatic carbocycles. The number of hydrogen-bond acceptors (Lipinski definition) is 5. The number of benzene rings is 1. The Balaban J connectivity index is 2.28. The maximum Gasteiger partial charge on any atom is 0.340 e. The van der Waals surface area contributed by atoms with E-state index in [-0.39, 0.29) is 29.4 Å². The van der Waals surface area contributed by atoms with Gasteiger partial charge in [0.1, 0.15) is 5.83 Å². The van der Waals surface area contributed by atoms with E-state index in [1.165, 1.54) is 32.2 Å². The van der Waals surface area contributed by atoms with Crippen molar-refractivity contribution >= 4 is 23.3 Å². The lowest BCUT2D eigenvalue weighted by Gasteiger charge is -2.27. The van der Waals surface area contributed by atoms with Crippen LogP contribution in [0.5, 0.6) is 0 Å². The molecule has 1 aliphatic rings. The summed E-state index contributed by atoms with van der Waals surface area (Å²) in [6, 6.07) is 4.50. The van der Waals surface area contributed by atoms with Crippen molar-refractivity contribution < 1.29 is 32.2 Å². The Morgan fingerprint density at radius 1 is 1.34 bits per heavy atom. The molecule has 0 saturated carbocycles. The Morgan fingerprint density at radius 2 is 2.07 bits per heavy atom. The molecule has 0 fully saturated rings. The van der Waals surface area contributed by atoms with E-state index < -0.39 is 30.8 Å². The summed E-state index contributed by atoms with van der Waals surface area (Å²) in [5.74, 6) is -1.76. The fourth-order valence-electron chi connectivity index (χ4n) is 2.87. The Kier molecular flexibility index (Phi) is 7.69. The van der Waals surface area contributed by atoms with Crippen molar-refractivity contribution in [3.05, 3.63) is 48.0 Å². The first-order chi connectivity index (χ1) is 13.7. The van der Waals surface area contributed by atoms with Crippen LogP contribution in [0, 0.1) is 0 Å². The van der Waals surface area contributed by atoms with E-state index in [0.717, 1.165) is 0 Å². The van der Waals surface area contributed by atoms with Crippen LogP contribution in [0.3, 0.4) is 0 Å². The van der Waals surface area contributed by atoms with Gasteiger partial charge in [-0.2, -0.15) is 0 Å². The second kappa shape index (κ2) is 9.99. The Labute approximate surface area is 167 Å². The number of carbonyl (C=O) groups is 2. The van der Waals surface area contributed by atoms with Gasteiger partial charge in [0.25, 0.3) is 5.91 Å². The zero-order chi connectivity index (χ0) is 21.6. The van der Waals surface area contributed by atoms with Crippen molar-refractivity contribution in [2.45, 2.75) is 32.3 Å². The predicted octanol–water partition coefficient (Wildman–Crippen LogP) is 4.05. The van der Waals surface area contributed by atoms with Crippen LogP contribution in [-0.4, -0.2) is 44.6 Å². The summed E-state index contributed by atoms with van der Waals surface area (Å²) in [5, 5.41) is 2.43. The maximum atomic E-state index is 13.6. The fraction of sp³-hybridized carbons (Fsp3) is 0.400. The van der Waals surface area contributed by atoms with Gasteiger partial charge in [-0.1, -0.05) is 6.58 Å². The van der Waals surface area contributed by atoms with Gasteiger partial charge in [0, 0.05) is 12.2 Å². The molecule has 0 bridgehead atoms. The van der Waals surface area contributed by atoms with Crippen LogP contribution in [0.2, 0.25) is 0 Å². The van der Waals surface area contributed by atoms with Crippen molar-refractivity contribution in [2.24, 2.45) is 0 Å². The number of halogens is 3. The molecule has 1 aromatic carbocycles. The van der Waals surface area contributed by atoms with Crippen molar-refractivity contribution in [1.29, 1.82) is 0 Å². The van der Waals surface area contributed by atoms with E-state index in [1.807, 2.05) is 0 Å². The molecular weight excluding hydrogens is 389 g/mol. The average Bonchev–Trinajstić information content (AvgIpc) is 2.66. The van der Waals surface area contributed by atoms with Gasteiger partial charge in [0.05, 0.1) is 37.1 Å². The summed E-state index contributed by atoms with van der Waals surface area (Å²) in [4.78, 5) is 26.4. The molecule has 158 valence electrons. The van der Waals surface area contributed by atoms with Crippen molar-refractivity contribution in [3.8, 4) is 0 Å². The standard InChI is InChI=1S/C20H23F3N2O4/c1-12(2)29-17(10-18(22)23)19(26)24-16-7-6-14(9-15(16)20(27)28-3)25-8-4-5-13(21)11-25/h5-7,9,17-18H,1,4,8,10-11H2,2-3H3,(H,24,26)/t17-/m0/s1. The number of nitrogens with zero attached hydrogens (tertiary/aromatic N) is 1. The van der Waals surface area contributed by atoms with Gasteiger partial charge in [-0.15, -0.1) is 0 Å². The summed E-state index contributed by atoms with van der Waals surface area (Å²) in [5.41, 5.74) is 0.650. The minimum absolute atomic E-state index is 0.0134. The highest BCUT2D eigenvalue weighted by molar-refractivity contribution is 6.03. The number of esters is 1. The van der Waals surface area contributed by atoms with E-state index in [1.54, 1.807) is 11.0 Å². The van der Waals surface area contributed by atoms with E-state index in [0.29, 0.717) is 18.7 Å². The van der Waals surface area contributed by atoms with Crippen LogP contribution in [0.4, 0.5) is 24.5 Å². The number of ether oxygens (including phenoxy) is 2. The van der Waals surface area contributed by atoms with Gasteiger partial charge in [-0.3, -0.25) is 4.79 Å². The monoisotopic (exact) mass is 412 g/mol. The Hall–Kier alpha value is -2.97. The molecule has 6 nitrogen and oxygen atoms in total. The number of allylic oxidation sites excluding steroid dienone is 1. The number of hydrogen-bond donors (Lipinski definition) is 1. The zero-order valence-corrected chi connectivity index (χ0v) is 16.2. The molecule has 0 radical (unpaired) electrons. The molecule has 0 aromatic heterocycles. The molecule has 1 aliphatic heterocycles. The van der Waals surface area contributed by atoms with Crippen LogP contribution >= 0.6 is 0 Å². The van der Waals surface area contributed by atoms with Gasteiger partial charge in [-0.05, 0) is 37.6 Å². The van der Waals surface area contributed by atoms with Crippen LogP contribution in [0.1, 0.15) is 30.1 Å². The van der Waals surface area contributed by atoms with Crippen LogP contribution < -0.4 is 10.2 Å². The first-order valence-electron chi connectivity index (χ1n) is 8.94. The maximum absolute atomic E-state index is 13.6. The van der Waals surface area contributed by atoms with Crippen molar-refractivity contribution in [3.63, 3.8) is 0 Å². The molecule has 2 rings (SSSR count). The first-order valence-corrected chi connectivity index (χ1v) is 8.94. The van der Waals surface area contributed by atoms with Gasteiger partial charge in [0.2, 0.25) is 6.43 Å². The number of alkyl halides is 2. The second-order valence-corrected chi connectivity index (χ2v) is 6.51. The molecule has 1 aromatic rings. The molecule has 1 heterocycles. The molecule has 1 amide bonds. The van der Waals surface area contributed by atoms with E-state index in [2.05, 4.69) is 11.9 Å². The molecule has 29 heavy (non-hydrogen) atoms. The lowest BCUT2D eigenvalue weighted by atomic mass is 10.1. The summed E-state index contributed by atoms with van der Waals surface area (Å²) < 4.78 is 49.0. The van der Waals surface area contributed by atoms with Crippen LogP contribution in [0.25, 0.3) is 0 Å². The number of rotatable bonds is 8. The molecule has 1 N–H and O–H groups in total. The molecule has 0 unspecified atom stereocenters. The number of carbonyl (C=O) groups excluding carboxylic acids is 2. The SMILES string of the molecule is C=C(C)O[C@@H](CC(F)F)C(=O)Nc1ccc(N2CCC=C(F)C2)cc1C(=O)OC. The highest BCUT2D eigenvalue weighted by Gasteiger charge is 2.26. The third kappa shape index (κ3) is 6.27. The van der Waals surface area contributed by atoms with E-state index in [4.69, 9.17) is 9.47 Å². The lowest BCUT2D eigenvalue weighted by molar-refractivity contribution is -0.127. The quantitative estimate of drug-likeness (QED) is 0.515. The smallest absolute Gasteiger partial charge is 0.340 e. The van der Waals surface area contributed by atoms with Gasteiger partial charge in [-0.25, -0.2) is 18.0 Å². The summed E-state index contributed by atoms with van der Waals surface area (Å²) in [6.45, 7) is 5.52. The third-order valence-corrected chi connectivity index (χ3v) is 4.17. The number of methoxy groups -OCH3 is 1. The number of anilines is 2. The van der Waals surface area contributed by atoms with Crippen molar-refractivity contribution in [2.75, 3.05) is 30.4 Å². The average molecular weight is 412 g/mol. The Bertz CT molecular complexity index is 811. The zero-order valence-electron chi connectivity index (χ0n) is 16.2. The highest BCUT2D eigenvalue weighted by atomic mass is 19.3. The number of nitrogens with one attached hydrogen (secondary N) is 1. The van der Waals surface area contributed by atoms with Gasteiger partial charge >= 0.3 is 5.97 Å². The number of amides is 1. The molecule has 0 spiro atoms. The van der Waals surface area contributed by atoms with Crippen LogP contribution in [-0.2, 0) is 14.3 Å². The van der Waals surface area contributed by atoms with Crippen LogP contribution in [0.15, 0.2) is 42.4 Å². The summed E-state index contributed by atoms with van der Waals surface area (Å²) >= 11 is 0. The van der Waals surface area contributed by atoms with Gasteiger partial charge < -0.3 is 19.7 Å². The Morgan fingerprint density at radius 3 is 2.66 bits per heavy atom. The molecule has 0 saturated heterocycles. The van der Waals surface area contributed by atoms with Crippen molar-refractivity contribution in [1.82, 2.24) is 0 Å². The fourth-order valence-corrected chi connectivity index (χ4v) is 2.87. The second-order valence-electron chi connectivity index (χ2n) is 6.51. The molecule has 9 heteroatoms. The molecular formula is C20H23F3N2O4.